The fourth-order valence-corrected chi connectivity index (χ4v) is 4.78. The molecule has 2 aliphatic carbocycles. The predicted octanol–water partition coefficient (Wildman–Crippen LogP) is 3.59. The molecule has 2 N–H and O–H groups in total. The molecular weight excluding hydrogens is 521 g/mol. The SMILES string of the molecule is CO[C@H]1CC[C@@H]1NC(=O)c1cnn2c(N(C)C(=O)OC(C)(C)C)cc(Nc3cccn(C4CC(F)C4)c3=O)nc12. The molecule has 0 radical (unpaired) electrons. The van der Waals surface area contributed by atoms with Gasteiger partial charge >= 0.3 is 6.09 Å². The number of alkyl halides is 1. The van der Waals surface area contributed by atoms with Gasteiger partial charge in [0.1, 0.15) is 34.7 Å². The van der Waals surface area contributed by atoms with E-state index in [-0.39, 0.29) is 71.0 Å². The Bertz CT molecular complexity index is 1490. The fraction of sp³-hybridized carbons (Fsp3) is 0.519. The number of fused-ring (bicyclic) bond motifs is 1. The van der Waals surface area contributed by atoms with Gasteiger partial charge in [-0.1, -0.05) is 0 Å². The molecule has 5 rings (SSSR count). The van der Waals surface area contributed by atoms with Gasteiger partial charge in [0.05, 0.1) is 18.3 Å². The molecule has 2 amide bonds. The summed E-state index contributed by atoms with van der Waals surface area (Å²) in [5, 5.41) is 10.3. The molecule has 3 aromatic heterocycles. The standard InChI is InChI=1S/C27H34FN7O5/c1-27(2,3)40-26(38)33(4)22-13-21(30-19-7-6-10-34(25(19)37)16-11-15(28)12-16)32-23-17(14-29-35(22)23)24(36)31-18-8-9-20(18)39-5/h6-7,10,13-16,18,20H,8-9,11-12H2,1-5H3,(H,30,32)(H,31,36)/t15?,16?,18-,20-/m0/s1. The van der Waals surface area contributed by atoms with Gasteiger partial charge in [0, 0.05) is 32.5 Å². The van der Waals surface area contributed by atoms with Crippen molar-refractivity contribution in [1.29, 1.82) is 0 Å². The van der Waals surface area contributed by atoms with E-state index in [1.165, 1.54) is 33.3 Å². The van der Waals surface area contributed by atoms with Crippen LogP contribution < -0.4 is 21.1 Å². The number of nitrogens with zero attached hydrogens (tertiary/aromatic N) is 5. The summed E-state index contributed by atoms with van der Waals surface area (Å²) < 4.78 is 27.3. The van der Waals surface area contributed by atoms with Crippen molar-refractivity contribution in [2.24, 2.45) is 0 Å². The molecule has 0 aromatic carbocycles. The van der Waals surface area contributed by atoms with Gasteiger partial charge in [0.25, 0.3) is 11.5 Å². The van der Waals surface area contributed by atoms with Crippen LogP contribution in [0.5, 0.6) is 0 Å². The average molecular weight is 556 g/mol. The summed E-state index contributed by atoms with van der Waals surface area (Å²) in [6.07, 6.45) is 3.63. The summed E-state index contributed by atoms with van der Waals surface area (Å²) in [6, 6.07) is 4.50. The van der Waals surface area contributed by atoms with E-state index in [1.54, 1.807) is 46.2 Å². The first kappa shape index (κ1) is 27.6. The molecule has 2 fully saturated rings. The number of carbonyl (C=O) groups excluding carboxylic acids is 2. The molecule has 3 heterocycles. The minimum atomic E-state index is -0.908. The molecule has 13 heteroatoms. The number of amides is 2. The largest absolute Gasteiger partial charge is 0.443 e. The maximum Gasteiger partial charge on any atom is 0.415 e. The summed E-state index contributed by atoms with van der Waals surface area (Å²) in [5.41, 5.74) is -0.487. The molecule has 3 aromatic rings. The first-order valence-corrected chi connectivity index (χ1v) is 13.3. The van der Waals surface area contributed by atoms with Gasteiger partial charge in [-0.15, -0.1) is 0 Å². The molecule has 0 spiro atoms. The highest BCUT2D eigenvalue weighted by atomic mass is 19.1. The first-order valence-electron chi connectivity index (χ1n) is 13.3. The average Bonchev–Trinajstić information content (AvgIpc) is 3.28. The van der Waals surface area contributed by atoms with Crippen molar-refractivity contribution in [1.82, 2.24) is 24.5 Å². The summed E-state index contributed by atoms with van der Waals surface area (Å²) >= 11 is 0. The second-order valence-corrected chi connectivity index (χ2v) is 11.2. The van der Waals surface area contributed by atoms with Crippen LogP contribution in [0.25, 0.3) is 5.65 Å². The zero-order valence-corrected chi connectivity index (χ0v) is 23.2. The number of rotatable bonds is 7. The minimum Gasteiger partial charge on any atom is -0.443 e. The Morgan fingerprint density at radius 1 is 1.23 bits per heavy atom. The molecule has 214 valence electrons. The molecular formula is C27H34FN7O5. The maximum absolute atomic E-state index is 13.5. The lowest BCUT2D eigenvalue weighted by Crippen LogP contribution is -2.51. The van der Waals surface area contributed by atoms with Gasteiger partial charge in [-0.3, -0.25) is 14.5 Å². The van der Waals surface area contributed by atoms with Crippen LogP contribution in [0.3, 0.4) is 0 Å². The molecule has 0 saturated heterocycles. The number of methoxy groups -OCH3 is 1. The number of halogens is 1. The maximum atomic E-state index is 13.5. The lowest BCUT2D eigenvalue weighted by molar-refractivity contribution is 0.00732. The second kappa shape index (κ2) is 10.5. The predicted molar refractivity (Wildman–Crippen MR) is 146 cm³/mol. The smallest absolute Gasteiger partial charge is 0.415 e. The van der Waals surface area contributed by atoms with Crippen LogP contribution in [0.1, 0.15) is 62.9 Å². The molecule has 2 saturated carbocycles. The van der Waals surface area contributed by atoms with Crippen LogP contribution in [0, 0.1) is 0 Å². The number of nitrogens with one attached hydrogen (secondary N) is 2. The van der Waals surface area contributed by atoms with E-state index in [9.17, 15) is 18.8 Å². The van der Waals surface area contributed by atoms with Crippen LogP contribution in [-0.2, 0) is 9.47 Å². The van der Waals surface area contributed by atoms with E-state index >= 15 is 0 Å². The number of hydrogen-bond acceptors (Lipinski definition) is 8. The van der Waals surface area contributed by atoms with Crippen molar-refractivity contribution in [2.75, 3.05) is 24.4 Å². The number of anilines is 3. The summed E-state index contributed by atoms with van der Waals surface area (Å²) in [5.74, 6) is 0.0810. The van der Waals surface area contributed by atoms with Crippen LogP contribution >= 0.6 is 0 Å². The number of carbonyl (C=O) groups is 2. The Morgan fingerprint density at radius 2 is 1.98 bits per heavy atom. The van der Waals surface area contributed by atoms with Crippen LogP contribution in [0.2, 0.25) is 0 Å². The third-order valence-corrected chi connectivity index (χ3v) is 7.23. The summed E-state index contributed by atoms with van der Waals surface area (Å²) in [7, 11) is 3.13. The molecule has 2 aliphatic rings. The monoisotopic (exact) mass is 555 g/mol. The molecule has 12 nitrogen and oxygen atoms in total. The highest BCUT2D eigenvalue weighted by Gasteiger charge is 2.34. The number of ether oxygens (including phenoxy) is 2. The van der Waals surface area contributed by atoms with Crippen molar-refractivity contribution < 1.29 is 23.5 Å². The van der Waals surface area contributed by atoms with Crippen LogP contribution in [-0.4, -0.2) is 69.2 Å². The zero-order valence-electron chi connectivity index (χ0n) is 23.2. The van der Waals surface area contributed by atoms with Gasteiger partial charge in [-0.2, -0.15) is 9.61 Å². The van der Waals surface area contributed by atoms with E-state index in [0.717, 1.165) is 12.8 Å². The van der Waals surface area contributed by atoms with E-state index in [1.807, 2.05) is 0 Å². The van der Waals surface area contributed by atoms with Crippen LogP contribution in [0.15, 0.2) is 35.4 Å². The highest BCUT2D eigenvalue weighted by molar-refractivity contribution is 6.00. The van der Waals surface area contributed by atoms with Gasteiger partial charge in [0.2, 0.25) is 0 Å². The Labute approximate surface area is 230 Å². The third kappa shape index (κ3) is 5.37. The topological polar surface area (TPSA) is 132 Å². The third-order valence-electron chi connectivity index (χ3n) is 7.23. The van der Waals surface area contributed by atoms with E-state index < -0.39 is 17.9 Å². The Balaban J connectivity index is 1.52. The second-order valence-electron chi connectivity index (χ2n) is 11.2. The van der Waals surface area contributed by atoms with Crippen molar-refractivity contribution >= 4 is 35.0 Å². The molecule has 0 bridgehead atoms. The zero-order chi connectivity index (χ0) is 28.8. The van der Waals surface area contributed by atoms with E-state index in [0.29, 0.717) is 0 Å². The van der Waals surface area contributed by atoms with Gasteiger partial charge in [-0.25, -0.2) is 14.2 Å². The number of hydrogen-bond donors (Lipinski definition) is 2. The summed E-state index contributed by atoms with van der Waals surface area (Å²) in [6.45, 7) is 5.27. The van der Waals surface area contributed by atoms with Crippen LogP contribution in [0.4, 0.5) is 26.5 Å². The lowest BCUT2D eigenvalue weighted by atomic mass is 9.89. The molecule has 0 aliphatic heterocycles. The minimum absolute atomic E-state index is 0.0616. The van der Waals surface area contributed by atoms with Gasteiger partial charge < -0.3 is 24.7 Å². The Hall–Kier alpha value is -4.00. The summed E-state index contributed by atoms with van der Waals surface area (Å²) in [4.78, 5) is 45.2. The van der Waals surface area contributed by atoms with Crippen molar-refractivity contribution in [3.8, 4) is 0 Å². The van der Waals surface area contributed by atoms with E-state index in [4.69, 9.17) is 9.47 Å². The lowest BCUT2D eigenvalue weighted by Gasteiger charge is -2.35. The van der Waals surface area contributed by atoms with Gasteiger partial charge in [0.15, 0.2) is 5.65 Å². The van der Waals surface area contributed by atoms with E-state index in [2.05, 4.69) is 20.7 Å². The normalized spacial score (nSPS) is 22.2. The van der Waals surface area contributed by atoms with Crippen molar-refractivity contribution in [3.05, 3.63) is 46.5 Å². The Morgan fingerprint density at radius 3 is 2.60 bits per heavy atom. The molecule has 2 atom stereocenters. The van der Waals surface area contributed by atoms with Crippen molar-refractivity contribution in [3.63, 3.8) is 0 Å². The number of pyridine rings is 1. The van der Waals surface area contributed by atoms with Crippen molar-refractivity contribution in [2.45, 2.75) is 76.4 Å². The molecule has 0 unspecified atom stereocenters. The molecule has 40 heavy (non-hydrogen) atoms. The first-order chi connectivity index (χ1) is 18.9. The Kier molecular flexibility index (Phi) is 7.25. The highest BCUT2D eigenvalue weighted by Crippen LogP contribution is 2.34. The quantitative estimate of drug-likeness (QED) is 0.452. The van der Waals surface area contributed by atoms with Gasteiger partial charge in [-0.05, 0) is 58.6 Å². The number of aromatic nitrogens is 4. The fourth-order valence-electron chi connectivity index (χ4n) is 4.78.